The van der Waals surface area contributed by atoms with Gasteiger partial charge in [0.15, 0.2) is 0 Å². The van der Waals surface area contributed by atoms with Crippen molar-refractivity contribution in [3.8, 4) is 5.75 Å². The van der Waals surface area contributed by atoms with Gasteiger partial charge in [-0.3, -0.25) is 4.79 Å². The topological polar surface area (TPSA) is 76.7 Å². The molecule has 1 heterocycles. The Kier molecular flexibility index (Phi) is 6.61. The average Bonchev–Trinajstić information content (AvgIpc) is 3.07. The highest BCUT2D eigenvalue weighted by Crippen LogP contribution is 2.28. The largest absolute Gasteiger partial charge is 0.489 e. The van der Waals surface area contributed by atoms with E-state index >= 15 is 0 Å². The third-order valence-electron chi connectivity index (χ3n) is 3.98. The number of anilines is 1. The van der Waals surface area contributed by atoms with Gasteiger partial charge in [-0.25, -0.2) is 4.79 Å². The third-order valence-corrected chi connectivity index (χ3v) is 3.98. The van der Waals surface area contributed by atoms with Crippen molar-refractivity contribution < 1.29 is 19.1 Å². The van der Waals surface area contributed by atoms with E-state index in [2.05, 4.69) is 10.6 Å². The number of hydrogen-bond donors (Lipinski definition) is 2. The first-order chi connectivity index (χ1) is 11.5. The van der Waals surface area contributed by atoms with Gasteiger partial charge in [0.25, 0.3) is 0 Å². The Morgan fingerprint density at radius 1 is 1.38 bits per heavy atom. The number of methoxy groups -OCH3 is 1. The van der Waals surface area contributed by atoms with Crippen molar-refractivity contribution in [2.75, 3.05) is 25.5 Å². The number of benzene rings is 1. The number of ether oxygens (including phenoxy) is 2. The molecule has 1 unspecified atom stereocenters. The lowest BCUT2D eigenvalue weighted by atomic mass is 10.0. The molecule has 132 valence electrons. The van der Waals surface area contributed by atoms with Gasteiger partial charge in [0, 0.05) is 6.42 Å². The van der Waals surface area contributed by atoms with Gasteiger partial charge in [-0.15, -0.1) is 0 Å². The predicted octanol–water partition coefficient (Wildman–Crippen LogP) is 2.59. The second kappa shape index (κ2) is 8.68. The summed E-state index contributed by atoms with van der Waals surface area (Å²) in [6, 6.07) is 4.91. The summed E-state index contributed by atoms with van der Waals surface area (Å²) in [4.78, 5) is 24.0. The summed E-state index contributed by atoms with van der Waals surface area (Å²) in [7, 11) is 1.33. The minimum atomic E-state index is -0.446. The van der Waals surface area contributed by atoms with Crippen molar-refractivity contribution in [1.29, 1.82) is 0 Å². The lowest BCUT2D eigenvalue weighted by Crippen LogP contribution is -2.17. The number of hydrogen-bond acceptors (Lipinski definition) is 5. The van der Waals surface area contributed by atoms with E-state index in [1.165, 1.54) is 7.11 Å². The molecule has 1 fully saturated rings. The molecule has 6 heteroatoms. The van der Waals surface area contributed by atoms with Gasteiger partial charge in [-0.2, -0.15) is 0 Å². The summed E-state index contributed by atoms with van der Waals surface area (Å²) in [6.07, 6.45) is 2.40. The summed E-state index contributed by atoms with van der Waals surface area (Å²) in [6.45, 7) is 5.83. The van der Waals surface area contributed by atoms with E-state index in [1.54, 1.807) is 18.2 Å². The monoisotopic (exact) mass is 334 g/mol. The zero-order valence-electron chi connectivity index (χ0n) is 14.6. The van der Waals surface area contributed by atoms with Crippen molar-refractivity contribution >= 4 is 17.6 Å². The molecular weight excluding hydrogens is 308 g/mol. The van der Waals surface area contributed by atoms with Crippen LogP contribution in [-0.2, 0) is 9.53 Å². The van der Waals surface area contributed by atoms with Crippen LogP contribution in [0.1, 0.15) is 43.5 Å². The van der Waals surface area contributed by atoms with Crippen molar-refractivity contribution in [1.82, 2.24) is 5.32 Å². The van der Waals surface area contributed by atoms with Crippen LogP contribution < -0.4 is 15.4 Å². The third kappa shape index (κ3) is 5.23. The van der Waals surface area contributed by atoms with Gasteiger partial charge in [-0.05, 0) is 63.9 Å². The van der Waals surface area contributed by atoms with Crippen LogP contribution >= 0.6 is 0 Å². The minimum Gasteiger partial charge on any atom is -0.489 e. The van der Waals surface area contributed by atoms with Crippen molar-refractivity contribution in [2.24, 2.45) is 5.92 Å². The summed E-state index contributed by atoms with van der Waals surface area (Å²) in [5.41, 5.74) is 0.880. The van der Waals surface area contributed by atoms with Crippen LogP contribution in [0.3, 0.4) is 0 Å². The summed E-state index contributed by atoms with van der Waals surface area (Å²) in [5, 5.41) is 6.17. The van der Waals surface area contributed by atoms with E-state index in [-0.39, 0.29) is 12.0 Å². The molecule has 1 aromatic carbocycles. The van der Waals surface area contributed by atoms with Crippen LogP contribution in [0.25, 0.3) is 0 Å². The molecule has 0 radical (unpaired) electrons. The molecule has 1 aliphatic heterocycles. The zero-order valence-corrected chi connectivity index (χ0v) is 14.6. The number of carbonyl (C=O) groups is 2. The standard InChI is InChI=1S/C18H26N2O4/c1-12(2)24-16-6-5-14(18(22)23-3)10-15(16)20-17(21)7-4-13-8-9-19-11-13/h5-6,10,12-13,19H,4,7-9,11H2,1-3H3,(H,20,21). The van der Waals surface area contributed by atoms with Crippen molar-refractivity contribution in [2.45, 2.75) is 39.2 Å². The van der Waals surface area contributed by atoms with Gasteiger partial charge in [-0.1, -0.05) is 0 Å². The molecule has 0 aliphatic carbocycles. The number of carbonyl (C=O) groups excluding carboxylic acids is 2. The fourth-order valence-corrected chi connectivity index (χ4v) is 2.74. The molecule has 2 N–H and O–H groups in total. The molecule has 1 aromatic rings. The van der Waals surface area contributed by atoms with Crippen LogP contribution in [0.15, 0.2) is 18.2 Å². The maximum atomic E-state index is 12.3. The first-order valence-corrected chi connectivity index (χ1v) is 8.39. The van der Waals surface area contributed by atoms with Gasteiger partial charge in [0.2, 0.25) is 5.91 Å². The van der Waals surface area contributed by atoms with Crippen molar-refractivity contribution in [3.05, 3.63) is 23.8 Å². The zero-order chi connectivity index (χ0) is 17.5. The maximum Gasteiger partial charge on any atom is 0.337 e. The van der Waals surface area contributed by atoms with E-state index in [9.17, 15) is 9.59 Å². The summed E-state index contributed by atoms with van der Waals surface area (Å²) >= 11 is 0. The number of rotatable bonds is 7. The Bertz CT molecular complexity index is 580. The Morgan fingerprint density at radius 3 is 2.79 bits per heavy atom. The van der Waals surface area contributed by atoms with Crippen molar-refractivity contribution in [3.63, 3.8) is 0 Å². The van der Waals surface area contributed by atoms with E-state index < -0.39 is 5.97 Å². The van der Waals surface area contributed by atoms with E-state index in [4.69, 9.17) is 9.47 Å². The van der Waals surface area contributed by atoms with Crippen LogP contribution in [0, 0.1) is 5.92 Å². The number of amides is 1. The van der Waals surface area contributed by atoms with Gasteiger partial charge >= 0.3 is 5.97 Å². The number of nitrogens with one attached hydrogen (secondary N) is 2. The predicted molar refractivity (Wildman–Crippen MR) is 92.4 cm³/mol. The number of esters is 1. The van der Waals surface area contributed by atoms with E-state index in [0.717, 1.165) is 25.9 Å². The molecule has 1 saturated heterocycles. The molecule has 0 saturated carbocycles. The highest BCUT2D eigenvalue weighted by molar-refractivity contribution is 5.96. The van der Waals surface area contributed by atoms with Crippen LogP contribution in [0.4, 0.5) is 5.69 Å². The summed E-state index contributed by atoms with van der Waals surface area (Å²) < 4.78 is 10.4. The molecule has 0 aromatic heterocycles. The average molecular weight is 334 g/mol. The minimum absolute atomic E-state index is 0.0332. The smallest absolute Gasteiger partial charge is 0.337 e. The quantitative estimate of drug-likeness (QED) is 0.750. The first kappa shape index (κ1) is 18.3. The Balaban J connectivity index is 2.06. The van der Waals surface area contributed by atoms with Crippen LogP contribution in [0.2, 0.25) is 0 Å². The second-order valence-corrected chi connectivity index (χ2v) is 6.31. The molecule has 0 spiro atoms. The molecule has 1 aliphatic rings. The molecule has 6 nitrogen and oxygen atoms in total. The maximum absolute atomic E-state index is 12.3. The van der Waals surface area contributed by atoms with E-state index in [0.29, 0.717) is 29.3 Å². The molecule has 2 rings (SSSR count). The lowest BCUT2D eigenvalue weighted by Gasteiger charge is -2.16. The molecule has 1 amide bonds. The fraction of sp³-hybridized carbons (Fsp3) is 0.556. The van der Waals surface area contributed by atoms with E-state index in [1.807, 2.05) is 13.8 Å². The van der Waals surface area contributed by atoms with Crippen LogP contribution in [0.5, 0.6) is 5.75 Å². The van der Waals surface area contributed by atoms with Gasteiger partial charge in [0.05, 0.1) is 24.5 Å². The van der Waals surface area contributed by atoms with Gasteiger partial charge < -0.3 is 20.1 Å². The Labute approximate surface area is 142 Å². The highest BCUT2D eigenvalue weighted by Gasteiger charge is 2.17. The van der Waals surface area contributed by atoms with Gasteiger partial charge in [0.1, 0.15) is 5.75 Å². The SMILES string of the molecule is COC(=O)c1ccc(OC(C)C)c(NC(=O)CCC2CCNC2)c1. The molecule has 0 bridgehead atoms. The summed E-state index contributed by atoms with van der Waals surface area (Å²) in [5.74, 6) is 0.591. The lowest BCUT2D eigenvalue weighted by molar-refractivity contribution is -0.116. The molecule has 1 atom stereocenters. The fourth-order valence-electron chi connectivity index (χ4n) is 2.74. The molecular formula is C18H26N2O4. The highest BCUT2D eigenvalue weighted by atomic mass is 16.5. The Hall–Kier alpha value is -2.08. The first-order valence-electron chi connectivity index (χ1n) is 8.39. The van der Waals surface area contributed by atoms with Crippen LogP contribution in [-0.4, -0.2) is 38.2 Å². The Morgan fingerprint density at radius 2 is 2.17 bits per heavy atom. The normalized spacial score (nSPS) is 16.9. The second-order valence-electron chi connectivity index (χ2n) is 6.31. The molecule has 24 heavy (non-hydrogen) atoms.